The number of aliphatic carboxylic acids is 1. The number of ether oxygens (including phenoxy) is 1. The molecule has 0 bridgehead atoms. The van der Waals surface area contributed by atoms with Crippen molar-refractivity contribution >= 4 is 18.0 Å². The number of nitrogens with one attached hydrogen (secondary N) is 1. The van der Waals surface area contributed by atoms with Gasteiger partial charge in [-0.3, -0.25) is 9.59 Å². The van der Waals surface area contributed by atoms with Gasteiger partial charge in [0.2, 0.25) is 5.91 Å². The van der Waals surface area contributed by atoms with Gasteiger partial charge in [-0.2, -0.15) is 0 Å². The SMILES string of the molecule is CCC(CCNC(=O)OCC1c2ccccc2-c2ccccc21)CCC(=O)N1CC(C)(C(=O)O)C1. The molecule has 7 nitrogen and oxygen atoms in total. The molecule has 0 radical (unpaired) electrons. The minimum atomic E-state index is -0.854. The van der Waals surface area contributed by atoms with Gasteiger partial charge in [0.05, 0.1) is 5.41 Å². The van der Waals surface area contributed by atoms with Crippen molar-refractivity contribution in [3.05, 3.63) is 59.7 Å². The minimum Gasteiger partial charge on any atom is -0.481 e. The second-order valence-corrected chi connectivity index (χ2v) is 9.97. The Morgan fingerprint density at radius 2 is 1.66 bits per heavy atom. The van der Waals surface area contributed by atoms with Gasteiger partial charge in [-0.15, -0.1) is 0 Å². The Morgan fingerprint density at radius 3 is 2.23 bits per heavy atom. The zero-order valence-electron chi connectivity index (χ0n) is 20.5. The van der Waals surface area contributed by atoms with E-state index >= 15 is 0 Å². The predicted octanol–water partition coefficient (Wildman–Crippen LogP) is 4.65. The Bertz CT molecular complexity index is 1050. The van der Waals surface area contributed by atoms with Gasteiger partial charge >= 0.3 is 12.1 Å². The molecule has 1 aliphatic carbocycles. The van der Waals surface area contributed by atoms with Gasteiger partial charge in [-0.25, -0.2) is 4.79 Å². The number of carbonyl (C=O) groups is 3. The molecular formula is C28H34N2O5. The first-order valence-corrected chi connectivity index (χ1v) is 12.4. The lowest BCUT2D eigenvalue weighted by Gasteiger charge is -2.45. The second-order valence-electron chi connectivity index (χ2n) is 9.97. The molecule has 1 fully saturated rings. The molecule has 2 amide bonds. The van der Waals surface area contributed by atoms with E-state index in [1.807, 2.05) is 24.3 Å². The number of hydrogen-bond donors (Lipinski definition) is 2. The van der Waals surface area contributed by atoms with Crippen LogP contribution in [0, 0.1) is 11.3 Å². The number of likely N-dealkylation sites (tertiary alicyclic amines) is 1. The number of carboxylic acids is 1. The number of rotatable bonds is 10. The summed E-state index contributed by atoms with van der Waals surface area (Å²) < 4.78 is 5.59. The number of hydrogen-bond acceptors (Lipinski definition) is 4. The molecule has 2 aromatic carbocycles. The van der Waals surface area contributed by atoms with E-state index in [0.717, 1.165) is 19.3 Å². The normalized spacial score (nSPS) is 16.6. The van der Waals surface area contributed by atoms with Crippen LogP contribution in [0.5, 0.6) is 0 Å². The number of carbonyl (C=O) groups excluding carboxylic acids is 2. The third-order valence-electron chi connectivity index (χ3n) is 7.46. The first-order chi connectivity index (χ1) is 16.8. The Labute approximate surface area is 206 Å². The number of fused-ring (bicyclic) bond motifs is 3. The fourth-order valence-corrected chi connectivity index (χ4v) is 5.17. The second kappa shape index (κ2) is 10.5. The predicted molar refractivity (Wildman–Crippen MR) is 133 cm³/mol. The molecule has 1 unspecified atom stereocenters. The van der Waals surface area contributed by atoms with Crippen molar-refractivity contribution in [3.8, 4) is 11.1 Å². The van der Waals surface area contributed by atoms with E-state index in [2.05, 4.69) is 36.5 Å². The lowest BCUT2D eigenvalue weighted by atomic mass is 9.81. The average Bonchev–Trinajstić information content (AvgIpc) is 3.16. The summed E-state index contributed by atoms with van der Waals surface area (Å²) in [5, 5.41) is 12.0. The number of benzene rings is 2. The van der Waals surface area contributed by atoms with Crippen LogP contribution in [0.25, 0.3) is 11.1 Å². The summed E-state index contributed by atoms with van der Waals surface area (Å²) >= 11 is 0. The largest absolute Gasteiger partial charge is 0.481 e. The molecule has 2 aromatic rings. The minimum absolute atomic E-state index is 0.00618. The van der Waals surface area contributed by atoms with Crippen LogP contribution in [0.1, 0.15) is 56.6 Å². The Hall–Kier alpha value is -3.35. The van der Waals surface area contributed by atoms with E-state index in [-0.39, 0.29) is 31.5 Å². The standard InChI is InChI=1S/C28H34N2O5/c1-3-19(12-13-25(31)30-17-28(2,18-30)26(32)33)14-15-29-27(34)35-16-24-22-10-6-4-8-20(22)21-9-5-7-11-23(21)24/h4-11,19,24H,3,12-18H2,1-2H3,(H,29,34)(H,32,33). The van der Waals surface area contributed by atoms with Crippen molar-refractivity contribution in [2.24, 2.45) is 11.3 Å². The first kappa shape index (κ1) is 24.8. The fraction of sp³-hybridized carbons (Fsp3) is 0.464. The maximum atomic E-state index is 12.4. The summed E-state index contributed by atoms with van der Waals surface area (Å²) in [7, 11) is 0. The summed E-state index contributed by atoms with van der Waals surface area (Å²) in [4.78, 5) is 37.6. The molecule has 1 heterocycles. The van der Waals surface area contributed by atoms with Gasteiger partial charge in [-0.1, -0.05) is 61.9 Å². The molecule has 186 valence electrons. The summed E-state index contributed by atoms with van der Waals surface area (Å²) in [5.74, 6) is -0.508. The number of carboxylic acid groups (broad SMARTS) is 1. The van der Waals surface area contributed by atoms with E-state index in [1.54, 1.807) is 11.8 Å². The van der Waals surface area contributed by atoms with Gasteiger partial charge in [0.1, 0.15) is 6.61 Å². The number of amides is 2. The Kier molecular flexibility index (Phi) is 7.43. The highest BCUT2D eigenvalue weighted by Crippen LogP contribution is 2.44. The molecule has 1 saturated heterocycles. The molecule has 0 saturated carbocycles. The molecular weight excluding hydrogens is 444 g/mol. The van der Waals surface area contributed by atoms with E-state index in [0.29, 0.717) is 18.9 Å². The molecule has 1 atom stereocenters. The van der Waals surface area contributed by atoms with Gasteiger partial charge < -0.3 is 20.1 Å². The highest BCUT2D eigenvalue weighted by Gasteiger charge is 2.47. The van der Waals surface area contributed by atoms with Crippen molar-refractivity contribution in [1.29, 1.82) is 0 Å². The summed E-state index contributed by atoms with van der Waals surface area (Å²) in [6, 6.07) is 16.5. The Balaban J connectivity index is 1.18. The first-order valence-electron chi connectivity index (χ1n) is 12.4. The average molecular weight is 479 g/mol. The van der Waals surface area contributed by atoms with Crippen molar-refractivity contribution in [1.82, 2.24) is 10.2 Å². The Morgan fingerprint density at radius 1 is 1.06 bits per heavy atom. The molecule has 7 heteroatoms. The van der Waals surface area contributed by atoms with Crippen molar-refractivity contribution in [3.63, 3.8) is 0 Å². The smallest absolute Gasteiger partial charge is 0.407 e. The third-order valence-corrected chi connectivity index (χ3v) is 7.46. The van der Waals surface area contributed by atoms with Crippen LogP contribution in [0.3, 0.4) is 0 Å². The van der Waals surface area contributed by atoms with E-state index in [1.165, 1.54) is 22.3 Å². The zero-order valence-corrected chi connectivity index (χ0v) is 20.5. The molecule has 1 aliphatic heterocycles. The zero-order chi connectivity index (χ0) is 25.0. The molecule has 4 rings (SSSR count). The fourth-order valence-electron chi connectivity index (χ4n) is 5.17. The van der Waals surface area contributed by atoms with Crippen LogP contribution < -0.4 is 5.32 Å². The molecule has 0 spiro atoms. The molecule has 35 heavy (non-hydrogen) atoms. The van der Waals surface area contributed by atoms with Crippen molar-refractivity contribution in [2.75, 3.05) is 26.2 Å². The summed E-state index contributed by atoms with van der Waals surface area (Å²) in [6.45, 7) is 5.08. The number of nitrogens with zero attached hydrogens (tertiary/aromatic N) is 1. The highest BCUT2D eigenvalue weighted by atomic mass is 16.5. The van der Waals surface area contributed by atoms with Crippen LogP contribution in [0.2, 0.25) is 0 Å². The van der Waals surface area contributed by atoms with E-state index < -0.39 is 17.5 Å². The molecule has 2 aliphatic rings. The maximum Gasteiger partial charge on any atom is 0.407 e. The summed E-state index contributed by atoms with van der Waals surface area (Å²) in [6.07, 6.45) is 2.38. The van der Waals surface area contributed by atoms with Crippen LogP contribution in [0.4, 0.5) is 4.79 Å². The van der Waals surface area contributed by atoms with Crippen LogP contribution >= 0.6 is 0 Å². The van der Waals surface area contributed by atoms with Crippen molar-refractivity contribution < 1.29 is 24.2 Å². The lowest BCUT2D eigenvalue weighted by molar-refractivity contribution is -0.164. The van der Waals surface area contributed by atoms with Crippen molar-refractivity contribution in [2.45, 2.75) is 45.4 Å². The molecule has 2 N–H and O–H groups in total. The topological polar surface area (TPSA) is 95.9 Å². The van der Waals surface area contributed by atoms with Gasteiger partial charge in [-0.05, 0) is 47.9 Å². The third kappa shape index (κ3) is 5.34. The van der Waals surface area contributed by atoms with E-state index in [9.17, 15) is 19.5 Å². The van der Waals surface area contributed by atoms with Crippen LogP contribution in [-0.4, -0.2) is 54.2 Å². The van der Waals surface area contributed by atoms with Crippen LogP contribution in [-0.2, 0) is 14.3 Å². The van der Waals surface area contributed by atoms with Gasteiger partial charge in [0.25, 0.3) is 0 Å². The number of alkyl carbamates (subject to hydrolysis) is 1. The quantitative estimate of drug-likeness (QED) is 0.518. The van der Waals surface area contributed by atoms with E-state index in [4.69, 9.17) is 4.74 Å². The summed E-state index contributed by atoms with van der Waals surface area (Å²) in [5.41, 5.74) is 3.95. The highest BCUT2D eigenvalue weighted by molar-refractivity contribution is 5.83. The van der Waals surface area contributed by atoms with Gasteiger partial charge in [0.15, 0.2) is 0 Å². The monoisotopic (exact) mass is 478 g/mol. The molecule has 0 aromatic heterocycles. The van der Waals surface area contributed by atoms with Gasteiger partial charge in [0, 0.05) is 32.0 Å². The maximum absolute atomic E-state index is 12.4. The lowest BCUT2D eigenvalue weighted by Crippen LogP contribution is -2.60. The van der Waals surface area contributed by atoms with Crippen LogP contribution in [0.15, 0.2) is 48.5 Å².